The number of halogens is 1. The first-order chi connectivity index (χ1) is 13.4. The summed E-state index contributed by atoms with van der Waals surface area (Å²) in [5, 5.41) is 18.9. The Morgan fingerprint density at radius 3 is 2.75 bits per heavy atom. The van der Waals surface area contributed by atoms with E-state index >= 15 is 0 Å². The number of anilines is 1. The van der Waals surface area contributed by atoms with Crippen LogP contribution in [-0.4, -0.2) is 37.5 Å². The molecule has 2 aromatic heterocycles. The molecule has 3 heterocycles. The van der Waals surface area contributed by atoms with E-state index in [1.54, 1.807) is 4.68 Å². The lowest BCUT2D eigenvalue weighted by molar-refractivity contribution is 0.544. The van der Waals surface area contributed by atoms with Gasteiger partial charge in [-0.05, 0) is 24.5 Å². The topological polar surface area (TPSA) is 83.5 Å². The van der Waals surface area contributed by atoms with Crippen molar-refractivity contribution in [2.24, 2.45) is 0 Å². The number of fused-ring (bicyclic) bond motifs is 1. The average molecular weight is 396 g/mol. The largest absolute Gasteiger partial charge is 0.339 e. The SMILES string of the molecule is CC(C)(C)c1nc(N2CCCC2C#N)c2nnn(Cc3ccccc3Cl)c2n1. The highest BCUT2D eigenvalue weighted by molar-refractivity contribution is 6.31. The van der Waals surface area contributed by atoms with Gasteiger partial charge in [-0.1, -0.05) is 55.8 Å². The zero-order valence-corrected chi connectivity index (χ0v) is 17.0. The van der Waals surface area contributed by atoms with Crippen LogP contribution in [0.5, 0.6) is 0 Å². The molecule has 1 saturated heterocycles. The summed E-state index contributed by atoms with van der Waals surface area (Å²) in [6.45, 7) is 7.48. The highest BCUT2D eigenvalue weighted by atomic mass is 35.5. The summed E-state index contributed by atoms with van der Waals surface area (Å²) in [6.07, 6.45) is 1.79. The third kappa shape index (κ3) is 3.29. The lowest BCUT2D eigenvalue weighted by Gasteiger charge is -2.24. The Labute approximate surface area is 169 Å². The molecule has 0 amide bonds. The van der Waals surface area contributed by atoms with Gasteiger partial charge in [-0.3, -0.25) is 0 Å². The van der Waals surface area contributed by atoms with Gasteiger partial charge in [0.1, 0.15) is 11.9 Å². The van der Waals surface area contributed by atoms with E-state index in [4.69, 9.17) is 21.6 Å². The third-order valence-corrected chi connectivity index (χ3v) is 5.34. The molecule has 4 rings (SSSR count). The lowest BCUT2D eigenvalue weighted by atomic mass is 9.95. The Bertz CT molecular complexity index is 1060. The summed E-state index contributed by atoms with van der Waals surface area (Å²) in [4.78, 5) is 11.6. The maximum atomic E-state index is 9.54. The molecule has 144 valence electrons. The number of rotatable bonds is 3. The Morgan fingerprint density at radius 2 is 2.04 bits per heavy atom. The summed E-state index contributed by atoms with van der Waals surface area (Å²) < 4.78 is 1.76. The van der Waals surface area contributed by atoms with Gasteiger partial charge in [0.25, 0.3) is 0 Å². The Hall–Kier alpha value is -2.72. The standard InChI is InChI=1S/C20H22ClN7/c1-20(2,3)19-23-17(27-10-6-8-14(27)11-22)16-18(24-19)28(26-25-16)12-13-7-4-5-9-15(13)21/h4-5,7,9,14H,6,8,10,12H2,1-3H3. The molecule has 0 bridgehead atoms. The minimum atomic E-state index is -0.246. The number of hydrogen-bond donors (Lipinski definition) is 0. The van der Waals surface area contributed by atoms with Crippen molar-refractivity contribution < 1.29 is 0 Å². The zero-order chi connectivity index (χ0) is 19.9. The van der Waals surface area contributed by atoms with E-state index in [0.29, 0.717) is 34.4 Å². The van der Waals surface area contributed by atoms with E-state index in [-0.39, 0.29) is 11.5 Å². The van der Waals surface area contributed by atoms with Crippen LogP contribution in [0.1, 0.15) is 45.0 Å². The maximum Gasteiger partial charge on any atom is 0.184 e. The van der Waals surface area contributed by atoms with Gasteiger partial charge in [0.15, 0.2) is 17.0 Å². The van der Waals surface area contributed by atoms with E-state index < -0.39 is 0 Å². The van der Waals surface area contributed by atoms with Gasteiger partial charge < -0.3 is 4.90 Å². The molecule has 1 aliphatic rings. The van der Waals surface area contributed by atoms with Crippen LogP contribution >= 0.6 is 11.6 Å². The summed E-state index contributed by atoms with van der Waals surface area (Å²) in [6, 6.07) is 9.86. The van der Waals surface area contributed by atoms with E-state index in [9.17, 15) is 5.26 Å². The van der Waals surface area contributed by atoms with Crippen molar-refractivity contribution in [3.8, 4) is 6.07 Å². The van der Waals surface area contributed by atoms with E-state index in [1.807, 2.05) is 29.2 Å². The summed E-state index contributed by atoms with van der Waals surface area (Å²) in [5.74, 6) is 1.41. The normalized spacial score (nSPS) is 17.2. The molecule has 0 N–H and O–H groups in total. The number of hydrogen-bond acceptors (Lipinski definition) is 6. The molecule has 8 heteroatoms. The fourth-order valence-electron chi connectivity index (χ4n) is 3.43. The van der Waals surface area contributed by atoms with E-state index in [2.05, 4.69) is 37.2 Å². The summed E-state index contributed by atoms with van der Waals surface area (Å²) in [5.41, 5.74) is 2.00. The maximum absolute atomic E-state index is 9.54. The van der Waals surface area contributed by atoms with Crippen LogP contribution in [0.2, 0.25) is 5.02 Å². The molecule has 1 fully saturated rings. The highest BCUT2D eigenvalue weighted by Crippen LogP contribution is 2.31. The van der Waals surface area contributed by atoms with Gasteiger partial charge >= 0.3 is 0 Å². The molecule has 1 aliphatic heterocycles. The second kappa shape index (κ2) is 7.02. The first kappa shape index (κ1) is 18.6. The van der Waals surface area contributed by atoms with Gasteiger partial charge in [0, 0.05) is 17.0 Å². The van der Waals surface area contributed by atoms with Crippen molar-refractivity contribution in [3.63, 3.8) is 0 Å². The van der Waals surface area contributed by atoms with Gasteiger partial charge in [-0.2, -0.15) is 5.26 Å². The molecule has 1 unspecified atom stereocenters. The van der Waals surface area contributed by atoms with Crippen molar-refractivity contribution in [2.45, 2.75) is 51.6 Å². The van der Waals surface area contributed by atoms with Crippen LogP contribution in [0.15, 0.2) is 24.3 Å². The van der Waals surface area contributed by atoms with Crippen LogP contribution < -0.4 is 4.90 Å². The molecule has 28 heavy (non-hydrogen) atoms. The summed E-state index contributed by atoms with van der Waals surface area (Å²) in [7, 11) is 0. The van der Waals surface area contributed by atoms with Crippen LogP contribution in [0.4, 0.5) is 5.82 Å². The third-order valence-electron chi connectivity index (χ3n) is 4.97. The monoisotopic (exact) mass is 395 g/mol. The van der Waals surface area contributed by atoms with Crippen molar-refractivity contribution in [2.75, 3.05) is 11.4 Å². The van der Waals surface area contributed by atoms with E-state index in [0.717, 1.165) is 24.9 Å². The average Bonchev–Trinajstić information content (AvgIpc) is 3.29. The molecule has 1 atom stereocenters. The number of aromatic nitrogens is 5. The van der Waals surface area contributed by atoms with Crippen LogP contribution in [0, 0.1) is 11.3 Å². The molecular weight excluding hydrogens is 374 g/mol. The summed E-state index contributed by atoms with van der Waals surface area (Å²) >= 11 is 6.33. The first-order valence-corrected chi connectivity index (χ1v) is 9.77. The quantitative estimate of drug-likeness (QED) is 0.672. The highest BCUT2D eigenvalue weighted by Gasteiger charge is 2.31. The van der Waals surface area contributed by atoms with Crippen LogP contribution in [0.25, 0.3) is 11.2 Å². The Kier molecular flexibility index (Phi) is 4.68. The van der Waals surface area contributed by atoms with Gasteiger partial charge in [0.05, 0.1) is 12.6 Å². The second-order valence-electron chi connectivity index (χ2n) is 8.11. The second-order valence-corrected chi connectivity index (χ2v) is 8.52. The molecule has 0 spiro atoms. The molecular formula is C20H22ClN7. The van der Waals surface area contributed by atoms with E-state index in [1.165, 1.54) is 0 Å². The molecule has 3 aromatic rings. The molecule has 7 nitrogen and oxygen atoms in total. The predicted octanol–water partition coefficient (Wildman–Crippen LogP) is 3.71. The lowest BCUT2D eigenvalue weighted by Crippen LogP contribution is -2.30. The van der Waals surface area contributed by atoms with Gasteiger partial charge in [-0.25, -0.2) is 14.6 Å². The fraction of sp³-hybridized carbons (Fsp3) is 0.450. The van der Waals surface area contributed by atoms with Crippen molar-refractivity contribution >= 4 is 28.6 Å². The number of benzene rings is 1. The molecule has 0 aliphatic carbocycles. The Balaban J connectivity index is 1.87. The molecule has 0 saturated carbocycles. The smallest absolute Gasteiger partial charge is 0.184 e. The van der Waals surface area contributed by atoms with Gasteiger partial charge in [-0.15, -0.1) is 5.10 Å². The fourth-order valence-corrected chi connectivity index (χ4v) is 3.62. The van der Waals surface area contributed by atoms with Crippen LogP contribution in [0.3, 0.4) is 0 Å². The minimum absolute atomic E-state index is 0.195. The predicted molar refractivity (Wildman–Crippen MR) is 108 cm³/mol. The van der Waals surface area contributed by atoms with Crippen molar-refractivity contribution in [3.05, 3.63) is 40.7 Å². The van der Waals surface area contributed by atoms with Crippen molar-refractivity contribution in [1.82, 2.24) is 25.0 Å². The van der Waals surface area contributed by atoms with Crippen molar-refractivity contribution in [1.29, 1.82) is 5.26 Å². The van der Waals surface area contributed by atoms with Crippen LogP contribution in [-0.2, 0) is 12.0 Å². The first-order valence-electron chi connectivity index (χ1n) is 9.40. The number of nitriles is 1. The minimum Gasteiger partial charge on any atom is -0.339 e. The number of nitrogens with zero attached hydrogens (tertiary/aromatic N) is 7. The zero-order valence-electron chi connectivity index (χ0n) is 16.2. The molecule has 0 radical (unpaired) electrons. The Morgan fingerprint density at radius 1 is 1.25 bits per heavy atom. The van der Waals surface area contributed by atoms with Gasteiger partial charge in [0.2, 0.25) is 0 Å². The molecule has 1 aromatic carbocycles.